The molecule has 4 rings (SSSR count). The summed E-state index contributed by atoms with van der Waals surface area (Å²) in [4.78, 5) is 11.8. The van der Waals surface area contributed by atoms with Crippen molar-refractivity contribution in [3.05, 3.63) is 48.5 Å². The Labute approximate surface area is 108 Å². The largest absolute Gasteiger partial charge is 0.360 e. The number of benzene rings is 1. The molecule has 0 aliphatic carbocycles. The first-order valence-corrected chi connectivity index (χ1v) is 6.07. The lowest BCUT2D eigenvalue weighted by Crippen LogP contribution is -1.97. The van der Waals surface area contributed by atoms with Gasteiger partial charge in [-0.15, -0.1) is 0 Å². The van der Waals surface area contributed by atoms with E-state index in [1.54, 1.807) is 4.52 Å². The number of H-pyrrole nitrogens is 1. The zero-order valence-electron chi connectivity index (χ0n) is 10.3. The Hall–Kier alpha value is -2.69. The maximum atomic E-state index is 4.37. The van der Waals surface area contributed by atoms with Crippen LogP contribution in [0.5, 0.6) is 0 Å². The van der Waals surface area contributed by atoms with Crippen LogP contribution in [0.4, 0.5) is 0 Å². The van der Waals surface area contributed by atoms with Gasteiger partial charge < -0.3 is 4.98 Å². The van der Waals surface area contributed by atoms with Crippen molar-refractivity contribution in [1.29, 1.82) is 0 Å². The third kappa shape index (κ3) is 1.45. The summed E-state index contributed by atoms with van der Waals surface area (Å²) < 4.78 is 1.77. The Bertz CT molecular complexity index is 887. The first-order chi connectivity index (χ1) is 9.33. The molecular weight excluding hydrogens is 238 g/mol. The standard InChI is InChI=1S/C14H11N5/c1-9-6-13(19-14(18-9)16-8-17-19)11-7-15-12-5-3-2-4-10(11)12/h2-8,15H,1H3. The van der Waals surface area contributed by atoms with E-state index >= 15 is 0 Å². The molecule has 1 aromatic carbocycles. The summed E-state index contributed by atoms with van der Waals surface area (Å²) in [6, 6.07) is 10.2. The minimum Gasteiger partial charge on any atom is -0.360 e. The Morgan fingerprint density at radius 1 is 1.21 bits per heavy atom. The van der Waals surface area contributed by atoms with Crippen LogP contribution in [-0.2, 0) is 0 Å². The molecule has 5 heteroatoms. The first kappa shape index (κ1) is 10.3. The average Bonchev–Trinajstić information content (AvgIpc) is 3.03. The van der Waals surface area contributed by atoms with Gasteiger partial charge in [-0.3, -0.25) is 0 Å². The smallest absolute Gasteiger partial charge is 0.252 e. The van der Waals surface area contributed by atoms with Gasteiger partial charge in [0.2, 0.25) is 0 Å². The lowest BCUT2D eigenvalue weighted by Gasteiger charge is -2.04. The van der Waals surface area contributed by atoms with Gasteiger partial charge in [-0.2, -0.15) is 14.6 Å². The maximum absolute atomic E-state index is 4.37. The van der Waals surface area contributed by atoms with Gasteiger partial charge in [-0.05, 0) is 19.1 Å². The van der Waals surface area contributed by atoms with Crippen molar-refractivity contribution < 1.29 is 0 Å². The molecule has 0 atom stereocenters. The van der Waals surface area contributed by atoms with E-state index in [1.165, 1.54) is 11.7 Å². The van der Waals surface area contributed by atoms with Gasteiger partial charge in [0.25, 0.3) is 5.78 Å². The lowest BCUT2D eigenvalue weighted by atomic mass is 10.1. The zero-order valence-corrected chi connectivity index (χ0v) is 10.3. The Morgan fingerprint density at radius 2 is 2.11 bits per heavy atom. The summed E-state index contributed by atoms with van der Waals surface area (Å²) in [5, 5.41) is 5.42. The molecule has 0 saturated heterocycles. The number of hydrogen-bond donors (Lipinski definition) is 1. The van der Waals surface area contributed by atoms with E-state index in [-0.39, 0.29) is 0 Å². The summed E-state index contributed by atoms with van der Waals surface area (Å²) in [5.74, 6) is 0.625. The highest BCUT2D eigenvalue weighted by Gasteiger charge is 2.11. The quantitative estimate of drug-likeness (QED) is 0.564. The third-order valence-electron chi connectivity index (χ3n) is 3.25. The molecule has 0 bridgehead atoms. The Balaban J connectivity index is 2.11. The minimum absolute atomic E-state index is 0.625. The van der Waals surface area contributed by atoms with Crippen molar-refractivity contribution in [2.45, 2.75) is 6.92 Å². The van der Waals surface area contributed by atoms with Gasteiger partial charge in [-0.1, -0.05) is 18.2 Å². The summed E-state index contributed by atoms with van der Waals surface area (Å²) in [6.07, 6.45) is 3.53. The van der Waals surface area contributed by atoms with Gasteiger partial charge in [0.15, 0.2) is 0 Å². The lowest BCUT2D eigenvalue weighted by molar-refractivity contribution is 0.938. The van der Waals surface area contributed by atoms with E-state index in [0.29, 0.717) is 5.78 Å². The highest BCUT2D eigenvalue weighted by molar-refractivity contribution is 5.94. The maximum Gasteiger partial charge on any atom is 0.252 e. The van der Waals surface area contributed by atoms with Crippen molar-refractivity contribution in [3.8, 4) is 11.3 Å². The number of aromatic nitrogens is 5. The van der Waals surface area contributed by atoms with E-state index in [2.05, 4.69) is 32.2 Å². The molecule has 0 aliphatic rings. The minimum atomic E-state index is 0.625. The van der Waals surface area contributed by atoms with Gasteiger partial charge >= 0.3 is 0 Å². The van der Waals surface area contributed by atoms with Gasteiger partial charge in [-0.25, -0.2) is 4.98 Å². The van der Waals surface area contributed by atoms with Crippen LogP contribution in [0.15, 0.2) is 42.9 Å². The number of rotatable bonds is 1. The van der Waals surface area contributed by atoms with Crippen LogP contribution in [0.3, 0.4) is 0 Å². The van der Waals surface area contributed by atoms with Crippen molar-refractivity contribution in [3.63, 3.8) is 0 Å². The van der Waals surface area contributed by atoms with Gasteiger partial charge in [0.05, 0.1) is 5.69 Å². The third-order valence-corrected chi connectivity index (χ3v) is 3.25. The molecule has 0 aliphatic heterocycles. The second-order valence-electron chi connectivity index (χ2n) is 4.50. The number of nitrogens with one attached hydrogen (secondary N) is 1. The van der Waals surface area contributed by atoms with E-state index in [4.69, 9.17) is 0 Å². The van der Waals surface area contributed by atoms with Crippen molar-refractivity contribution >= 4 is 16.7 Å². The molecule has 4 aromatic rings. The number of nitrogens with zero attached hydrogens (tertiary/aromatic N) is 4. The molecule has 19 heavy (non-hydrogen) atoms. The predicted molar refractivity (Wildman–Crippen MR) is 72.8 cm³/mol. The van der Waals surface area contributed by atoms with Crippen LogP contribution in [0.2, 0.25) is 0 Å². The number of hydrogen-bond acceptors (Lipinski definition) is 3. The van der Waals surface area contributed by atoms with Crippen molar-refractivity contribution in [1.82, 2.24) is 24.6 Å². The fraction of sp³-hybridized carbons (Fsp3) is 0.0714. The fourth-order valence-corrected chi connectivity index (χ4v) is 2.41. The Morgan fingerprint density at radius 3 is 3.05 bits per heavy atom. The summed E-state index contributed by atoms with van der Waals surface area (Å²) >= 11 is 0. The Kier molecular flexibility index (Phi) is 1.97. The number of fused-ring (bicyclic) bond motifs is 2. The molecule has 5 nitrogen and oxygen atoms in total. The van der Waals surface area contributed by atoms with E-state index in [1.807, 2.05) is 31.3 Å². The molecular formula is C14H11N5. The van der Waals surface area contributed by atoms with Crippen molar-refractivity contribution in [2.75, 3.05) is 0 Å². The molecule has 0 fully saturated rings. The number of aromatic amines is 1. The van der Waals surface area contributed by atoms with E-state index < -0.39 is 0 Å². The highest BCUT2D eigenvalue weighted by atomic mass is 15.3. The first-order valence-electron chi connectivity index (χ1n) is 6.07. The zero-order chi connectivity index (χ0) is 12.8. The molecule has 0 saturated carbocycles. The predicted octanol–water partition coefficient (Wildman–Crippen LogP) is 2.58. The van der Waals surface area contributed by atoms with Crippen LogP contribution in [0.1, 0.15) is 5.69 Å². The van der Waals surface area contributed by atoms with E-state index in [9.17, 15) is 0 Å². The number of para-hydroxylation sites is 1. The van der Waals surface area contributed by atoms with Gasteiger partial charge in [0.1, 0.15) is 6.33 Å². The molecule has 1 N–H and O–H groups in total. The molecule has 3 heterocycles. The van der Waals surface area contributed by atoms with Crippen LogP contribution >= 0.6 is 0 Å². The fourth-order valence-electron chi connectivity index (χ4n) is 2.41. The molecule has 0 spiro atoms. The molecule has 92 valence electrons. The second-order valence-corrected chi connectivity index (χ2v) is 4.50. The van der Waals surface area contributed by atoms with Gasteiger partial charge in [0, 0.05) is 28.4 Å². The summed E-state index contributed by atoms with van der Waals surface area (Å²) in [5.41, 5.74) is 4.15. The van der Waals surface area contributed by atoms with Crippen LogP contribution in [0.25, 0.3) is 27.9 Å². The molecule has 0 unspecified atom stereocenters. The van der Waals surface area contributed by atoms with Crippen LogP contribution in [-0.4, -0.2) is 24.6 Å². The number of aryl methyl sites for hydroxylation is 1. The van der Waals surface area contributed by atoms with Crippen LogP contribution in [0, 0.1) is 6.92 Å². The van der Waals surface area contributed by atoms with Crippen molar-refractivity contribution in [2.24, 2.45) is 0 Å². The molecule has 0 amide bonds. The SMILES string of the molecule is Cc1cc(-c2c[nH]c3ccccc23)n2ncnc2n1. The average molecular weight is 249 g/mol. The topological polar surface area (TPSA) is 58.9 Å². The normalized spacial score (nSPS) is 11.4. The monoisotopic (exact) mass is 249 g/mol. The summed E-state index contributed by atoms with van der Waals surface area (Å²) in [6.45, 7) is 1.97. The molecule has 3 aromatic heterocycles. The van der Waals surface area contributed by atoms with E-state index in [0.717, 1.165) is 22.5 Å². The molecule has 0 radical (unpaired) electrons. The second kappa shape index (κ2) is 3.65. The summed E-state index contributed by atoms with van der Waals surface area (Å²) in [7, 11) is 0. The van der Waals surface area contributed by atoms with Crippen LogP contribution < -0.4 is 0 Å². The highest BCUT2D eigenvalue weighted by Crippen LogP contribution is 2.28.